The molecule has 0 saturated carbocycles. The van der Waals surface area contributed by atoms with Gasteiger partial charge in [-0.3, -0.25) is 19.0 Å². The minimum Gasteiger partial charge on any atom is -0.481 e. The Morgan fingerprint density at radius 3 is 2.67 bits per heavy atom. The number of halogens is 2. The maximum Gasteiger partial charge on any atom is 0.310 e. The van der Waals surface area contributed by atoms with E-state index in [0.29, 0.717) is 27.6 Å². The van der Waals surface area contributed by atoms with Gasteiger partial charge in [0.25, 0.3) is 0 Å². The molecule has 11 nitrogen and oxygen atoms in total. The average molecular weight is 573 g/mol. The van der Waals surface area contributed by atoms with Crippen molar-refractivity contribution in [2.45, 2.75) is 39.3 Å². The van der Waals surface area contributed by atoms with Gasteiger partial charge in [0.05, 0.1) is 35.8 Å². The normalized spacial score (nSPS) is 16.5. The Morgan fingerprint density at radius 1 is 1.17 bits per heavy atom. The predicted molar refractivity (Wildman–Crippen MR) is 149 cm³/mol. The van der Waals surface area contributed by atoms with Crippen molar-refractivity contribution in [3.05, 3.63) is 83.2 Å². The van der Waals surface area contributed by atoms with E-state index in [0.717, 1.165) is 0 Å². The molecule has 0 radical (unpaired) electrons. The summed E-state index contributed by atoms with van der Waals surface area (Å²) in [6.45, 7) is 4.95. The smallest absolute Gasteiger partial charge is 0.310 e. The molecule has 4 N–H and O–H groups in total. The van der Waals surface area contributed by atoms with E-state index in [1.165, 1.54) is 39.8 Å². The summed E-state index contributed by atoms with van der Waals surface area (Å²) in [4.78, 5) is 34.0. The second-order valence-electron chi connectivity index (χ2n) is 11.1. The second kappa shape index (κ2) is 9.43. The topological polar surface area (TPSA) is 154 Å². The first-order valence-electron chi connectivity index (χ1n) is 13.0. The van der Waals surface area contributed by atoms with Crippen molar-refractivity contribution in [2.24, 2.45) is 5.41 Å². The van der Waals surface area contributed by atoms with Gasteiger partial charge in [0.1, 0.15) is 34.4 Å². The number of benzene rings is 2. The van der Waals surface area contributed by atoms with E-state index >= 15 is 0 Å². The zero-order valence-electron chi connectivity index (χ0n) is 22.9. The maximum absolute atomic E-state index is 14.4. The van der Waals surface area contributed by atoms with Gasteiger partial charge in [-0.15, -0.1) is 0 Å². The molecular formula is C29H26F2N8O3. The van der Waals surface area contributed by atoms with E-state index in [1.54, 1.807) is 45.2 Å². The third-order valence-corrected chi connectivity index (χ3v) is 7.67. The van der Waals surface area contributed by atoms with Crippen LogP contribution >= 0.6 is 0 Å². The van der Waals surface area contributed by atoms with Crippen LogP contribution in [0.4, 0.5) is 20.4 Å². The van der Waals surface area contributed by atoms with Crippen molar-refractivity contribution in [3.63, 3.8) is 0 Å². The van der Waals surface area contributed by atoms with Crippen molar-refractivity contribution < 1.29 is 23.5 Å². The first-order valence-corrected chi connectivity index (χ1v) is 13.0. The molecule has 0 bridgehead atoms. The fourth-order valence-electron chi connectivity index (χ4n) is 5.19. The highest BCUT2D eigenvalue weighted by Gasteiger charge is 2.48. The van der Waals surface area contributed by atoms with Crippen molar-refractivity contribution in [1.82, 2.24) is 29.5 Å². The molecule has 0 fully saturated rings. The first kappa shape index (κ1) is 27.0. The van der Waals surface area contributed by atoms with Crippen LogP contribution in [0.3, 0.4) is 0 Å². The molecule has 42 heavy (non-hydrogen) atoms. The van der Waals surface area contributed by atoms with Gasteiger partial charge in [-0.05, 0) is 45.0 Å². The number of nitrogens with zero attached hydrogens (tertiary/aromatic N) is 6. The van der Waals surface area contributed by atoms with Crippen LogP contribution in [-0.2, 0) is 28.1 Å². The minimum atomic E-state index is -1.31. The Bertz CT molecular complexity index is 1910. The summed E-state index contributed by atoms with van der Waals surface area (Å²) in [6.07, 6.45) is 3.10. The van der Waals surface area contributed by atoms with E-state index in [9.17, 15) is 23.5 Å². The maximum atomic E-state index is 14.4. The van der Waals surface area contributed by atoms with E-state index in [1.807, 2.05) is 0 Å². The molecule has 1 aliphatic rings. The van der Waals surface area contributed by atoms with E-state index in [2.05, 4.69) is 25.5 Å². The van der Waals surface area contributed by atoms with Gasteiger partial charge >= 0.3 is 5.97 Å². The van der Waals surface area contributed by atoms with Gasteiger partial charge in [-0.25, -0.2) is 18.7 Å². The molecule has 1 aliphatic heterocycles. The lowest BCUT2D eigenvalue weighted by Gasteiger charge is -2.22. The number of nitrogen functional groups attached to an aromatic ring is 1. The molecule has 1 atom stereocenters. The summed E-state index contributed by atoms with van der Waals surface area (Å²) in [6, 6.07) is 10.3. The summed E-state index contributed by atoms with van der Waals surface area (Å²) in [5.74, 6) is -2.01. The van der Waals surface area contributed by atoms with E-state index < -0.39 is 34.3 Å². The number of hydrogen-bond donors (Lipinski definition) is 3. The molecule has 1 amide bonds. The molecule has 0 aliphatic carbocycles. The molecule has 4 heterocycles. The van der Waals surface area contributed by atoms with Gasteiger partial charge in [-0.2, -0.15) is 10.2 Å². The highest BCUT2D eigenvalue weighted by Crippen LogP contribution is 2.45. The largest absolute Gasteiger partial charge is 0.481 e. The van der Waals surface area contributed by atoms with Gasteiger partial charge in [0, 0.05) is 22.7 Å². The third kappa shape index (κ3) is 4.24. The molecular weight excluding hydrogens is 546 g/mol. The summed E-state index contributed by atoms with van der Waals surface area (Å²) in [5, 5.41) is 21.7. The lowest BCUT2D eigenvalue weighted by Crippen LogP contribution is -2.33. The van der Waals surface area contributed by atoms with Crippen LogP contribution in [0.25, 0.3) is 22.4 Å². The minimum absolute atomic E-state index is 0.0216. The molecule has 0 spiro atoms. The van der Waals surface area contributed by atoms with Crippen LogP contribution in [0.1, 0.15) is 37.5 Å². The number of nitrogens with two attached hydrogens (primary N) is 1. The molecule has 6 rings (SSSR count). The fourth-order valence-corrected chi connectivity index (χ4v) is 5.19. The van der Waals surface area contributed by atoms with Crippen LogP contribution in [0.15, 0.2) is 54.9 Å². The number of fused-ring (bicyclic) bond motifs is 2. The number of aliphatic carboxylic acids is 1. The Labute approximate surface area is 238 Å². The van der Waals surface area contributed by atoms with Gasteiger partial charge < -0.3 is 16.2 Å². The lowest BCUT2D eigenvalue weighted by molar-refractivity contribution is -0.147. The average Bonchev–Trinajstić information content (AvgIpc) is 3.60. The lowest BCUT2D eigenvalue weighted by atomic mass is 9.79. The van der Waals surface area contributed by atoms with Crippen molar-refractivity contribution in [1.29, 1.82) is 0 Å². The molecule has 5 aromatic rings. The standard InChI is InChI=1S/C29H26F2N8O3/c1-28(2,27(41)42)14-38-13-16(11-33-38)29(3)21-23(32)34-25(35-24(21)36-26(29)40)22-18-9-8-17(30)10-20(18)39(37-22)12-15-6-4-5-7-19(15)31/h4-11,13H,12,14H2,1-3H3,(H,41,42)(H3,32,34,35,36,40). The van der Waals surface area contributed by atoms with Crippen molar-refractivity contribution >= 4 is 34.4 Å². The predicted octanol–water partition coefficient (Wildman–Crippen LogP) is 3.97. The number of amides is 1. The number of carboxylic acids is 1. The quantitative estimate of drug-likeness (QED) is 0.265. The number of nitrogens with one attached hydrogen (secondary N) is 1. The third-order valence-electron chi connectivity index (χ3n) is 7.67. The highest BCUT2D eigenvalue weighted by molar-refractivity contribution is 6.09. The molecule has 2 aromatic carbocycles. The molecule has 13 heteroatoms. The Balaban J connectivity index is 1.42. The van der Waals surface area contributed by atoms with E-state index in [-0.39, 0.29) is 36.2 Å². The molecule has 0 saturated heterocycles. The summed E-state index contributed by atoms with van der Waals surface area (Å²) < 4.78 is 31.6. The van der Waals surface area contributed by atoms with Crippen molar-refractivity contribution in [2.75, 3.05) is 11.1 Å². The number of carbonyl (C=O) groups excluding carboxylic acids is 1. The van der Waals surface area contributed by atoms with Crippen LogP contribution < -0.4 is 11.1 Å². The summed E-state index contributed by atoms with van der Waals surface area (Å²) in [5.41, 5.74) is 5.94. The van der Waals surface area contributed by atoms with Crippen molar-refractivity contribution in [3.8, 4) is 11.5 Å². The van der Waals surface area contributed by atoms with Crippen LogP contribution in [0.5, 0.6) is 0 Å². The van der Waals surface area contributed by atoms with Crippen LogP contribution in [0.2, 0.25) is 0 Å². The zero-order chi connectivity index (χ0) is 30.0. The summed E-state index contributed by atoms with van der Waals surface area (Å²) in [7, 11) is 0. The Morgan fingerprint density at radius 2 is 1.93 bits per heavy atom. The summed E-state index contributed by atoms with van der Waals surface area (Å²) >= 11 is 0. The van der Waals surface area contributed by atoms with Gasteiger partial charge in [0.2, 0.25) is 5.91 Å². The SMILES string of the molecule is CC(C)(Cn1cc(C2(C)C(=O)Nc3nc(-c4nn(Cc5ccccc5F)c5cc(F)ccc45)nc(N)c32)cn1)C(=O)O. The van der Waals surface area contributed by atoms with Gasteiger partial charge in [-0.1, -0.05) is 18.2 Å². The second-order valence-corrected chi connectivity index (χ2v) is 11.1. The number of anilines is 2. The molecule has 1 unspecified atom stereocenters. The monoisotopic (exact) mass is 572 g/mol. The number of carbonyl (C=O) groups is 2. The number of carboxylic acid groups (broad SMARTS) is 1. The molecule has 3 aromatic heterocycles. The zero-order valence-corrected chi connectivity index (χ0v) is 22.9. The number of rotatable bonds is 7. The van der Waals surface area contributed by atoms with Crippen LogP contribution in [0, 0.1) is 17.0 Å². The highest BCUT2D eigenvalue weighted by atomic mass is 19.1. The Kier molecular flexibility index (Phi) is 6.06. The van der Waals surface area contributed by atoms with E-state index in [4.69, 9.17) is 5.73 Å². The Hall–Kier alpha value is -5.20. The first-order chi connectivity index (χ1) is 19.9. The van der Waals surface area contributed by atoms with Crippen LogP contribution in [-0.4, -0.2) is 46.5 Å². The van der Waals surface area contributed by atoms with Gasteiger partial charge in [0.15, 0.2) is 5.82 Å². The fraction of sp³-hybridized carbons (Fsp3) is 0.241. The number of aromatic nitrogens is 6. The number of hydrogen-bond acceptors (Lipinski definition) is 7. The molecule has 214 valence electrons.